The Kier molecular flexibility index (Phi) is 6.01. The second-order valence-corrected chi connectivity index (χ2v) is 5.36. The Morgan fingerprint density at radius 1 is 1.24 bits per heavy atom. The largest absolute Gasteiger partial charge is 0.356 e. The van der Waals surface area contributed by atoms with Crippen molar-refractivity contribution in [1.29, 1.82) is 0 Å². The predicted molar refractivity (Wildman–Crippen MR) is 95.4 cm³/mol. The third-order valence-electron chi connectivity index (χ3n) is 3.62. The van der Waals surface area contributed by atoms with Gasteiger partial charge in [0, 0.05) is 31.9 Å². The minimum atomic E-state index is 0. The fraction of sp³-hybridized carbons (Fsp3) is 0.643. The van der Waals surface area contributed by atoms with Crippen LogP contribution in [-0.4, -0.2) is 42.1 Å². The van der Waals surface area contributed by atoms with Crippen molar-refractivity contribution in [3.8, 4) is 0 Å². The molecule has 1 aromatic heterocycles. The lowest BCUT2D eigenvalue weighted by atomic mass is 10.3. The zero-order chi connectivity index (χ0) is 13.8. The molecular weight excluding hydrogens is 379 g/mol. The number of nitrogens with zero attached hydrogens (tertiary/aromatic N) is 4. The van der Waals surface area contributed by atoms with Crippen LogP contribution in [0, 0.1) is 6.92 Å². The molecule has 1 fully saturated rings. The molecule has 3 heterocycles. The molecule has 1 aromatic rings. The van der Waals surface area contributed by atoms with Crippen molar-refractivity contribution in [2.24, 2.45) is 4.99 Å². The number of rotatable bonds is 3. The number of aliphatic imine (C=N–C) groups is 1. The van der Waals surface area contributed by atoms with E-state index in [2.05, 4.69) is 30.5 Å². The zero-order valence-corrected chi connectivity index (χ0v) is 14.8. The molecule has 3 rings (SSSR count). The van der Waals surface area contributed by atoms with Crippen molar-refractivity contribution >= 4 is 35.9 Å². The molecule has 1 saturated heterocycles. The summed E-state index contributed by atoms with van der Waals surface area (Å²) in [4.78, 5) is 15.9. The van der Waals surface area contributed by atoms with E-state index < -0.39 is 0 Å². The van der Waals surface area contributed by atoms with E-state index in [-0.39, 0.29) is 24.0 Å². The first-order valence-electron chi connectivity index (χ1n) is 7.43. The summed E-state index contributed by atoms with van der Waals surface area (Å²) in [6, 6.07) is 2.04. The molecule has 0 aliphatic carbocycles. The van der Waals surface area contributed by atoms with Gasteiger partial charge < -0.3 is 15.5 Å². The number of aryl methyl sites for hydroxylation is 1. The number of aromatic nitrogens is 2. The first kappa shape index (κ1) is 16.3. The highest BCUT2D eigenvalue weighted by molar-refractivity contribution is 14.0. The molecule has 7 heteroatoms. The van der Waals surface area contributed by atoms with Crippen molar-refractivity contribution in [3.05, 3.63) is 17.5 Å². The van der Waals surface area contributed by atoms with Crippen LogP contribution in [0.3, 0.4) is 0 Å². The molecule has 2 aliphatic rings. The molecule has 2 aliphatic heterocycles. The SMILES string of the molecule is Cc1cc(CNC2=NCCCN2)nc(N2CCCC2)n1.I. The zero-order valence-electron chi connectivity index (χ0n) is 12.4. The third-order valence-corrected chi connectivity index (χ3v) is 3.62. The Morgan fingerprint density at radius 3 is 2.76 bits per heavy atom. The summed E-state index contributed by atoms with van der Waals surface area (Å²) in [5.41, 5.74) is 2.05. The summed E-state index contributed by atoms with van der Waals surface area (Å²) in [6.45, 7) is 6.76. The van der Waals surface area contributed by atoms with Gasteiger partial charge in [0.2, 0.25) is 5.95 Å². The summed E-state index contributed by atoms with van der Waals surface area (Å²) >= 11 is 0. The van der Waals surface area contributed by atoms with Crippen molar-refractivity contribution in [2.75, 3.05) is 31.1 Å². The third kappa shape index (κ3) is 4.42. The smallest absolute Gasteiger partial charge is 0.225 e. The number of halogens is 1. The Bertz CT molecular complexity index is 498. The maximum atomic E-state index is 4.67. The van der Waals surface area contributed by atoms with Crippen LogP contribution in [0.15, 0.2) is 11.1 Å². The lowest BCUT2D eigenvalue weighted by Crippen LogP contribution is -2.40. The van der Waals surface area contributed by atoms with Crippen LogP contribution in [0.1, 0.15) is 30.7 Å². The van der Waals surface area contributed by atoms with Gasteiger partial charge in [-0.15, -0.1) is 24.0 Å². The second kappa shape index (κ2) is 7.77. The highest BCUT2D eigenvalue weighted by Crippen LogP contribution is 2.16. The van der Waals surface area contributed by atoms with E-state index in [4.69, 9.17) is 0 Å². The highest BCUT2D eigenvalue weighted by Gasteiger charge is 2.16. The molecule has 21 heavy (non-hydrogen) atoms. The maximum Gasteiger partial charge on any atom is 0.225 e. The van der Waals surface area contributed by atoms with Crippen molar-refractivity contribution in [2.45, 2.75) is 32.7 Å². The fourth-order valence-electron chi connectivity index (χ4n) is 2.59. The molecule has 0 saturated carbocycles. The van der Waals surface area contributed by atoms with Crippen LogP contribution >= 0.6 is 24.0 Å². The van der Waals surface area contributed by atoms with Gasteiger partial charge >= 0.3 is 0 Å². The van der Waals surface area contributed by atoms with E-state index in [1.165, 1.54) is 12.8 Å². The maximum absolute atomic E-state index is 4.67. The topological polar surface area (TPSA) is 65.4 Å². The molecule has 0 aromatic carbocycles. The standard InChI is InChI=1S/C14H22N6.HI/c1-11-9-12(10-17-13-15-5-4-6-16-13)19-14(18-11)20-7-2-3-8-20;/h9H,2-8,10H2,1H3,(H2,15,16,17);1H. The average Bonchev–Trinajstić information content (AvgIpc) is 3.00. The van der Waals surface area contributed by atoms with Crippen molar-refractivity contribution in [3.63, 3.8) is 0 Å². The quantitative estimate of drug-likeness (QED) is 0.750. The summed E-state index contributed by atoms with van der Waals surface area (Å²) in [6.07, 6.45) is 3.59. The van der Waals surface area contributed by atoms with E-state index in [9.17, 15) is 0 Å². The normalized spacial score (nSPS) is 17.8. The number of nitrogens with one attached hydrogen (secondary N) is 2. The van der Waals surface area contributed by atoms with Crippen LogP contribution in [0.25, 0.3) is 0 Å². The van der Waals surface area contributed by atoms with Crippen LogP contribution in [0.2, 0.25) is 0 Å². The molecule has 0 radical (unpaired) electrons. The molecule has 0 spiro atoms. The van der Waals surface area contributed by atoms with Gasteiger partial charge in [-0.2, -0.15) is 0 Å². The Hall–Kier alpha value is -1.12. The molecular formula is C14H23IN6. The molecule has 0 unspecified atom stereocenters. The number of hydrogen-bond acceptors (Lipinski definition) is 6. The minimum Gasteiger partial charge on any atom is -0.356 e. The lowest BCUT2D eigenvalue weighted by Gasteiger charge is -2.18. The van der Waals surface area contributed by atoms with E-state index in [1.54, 1.807) is 0 Å². The molecule has 0 bridgehead atoms. The summed E-state index contributed by atoms with van der Waals surface area (Å²) in [5.74, 6) is 1.76. The van der Waals surface area contributed by atoms with Crippen LogP contribution in [-0.2, 0) is 6.54 Å². The van der Waals surface area contributed by atoms with E-state index in [0.29, 0.717) is 6.54 Å². The number of guanidine groups is 1. The second-order valence-electron chi connectivity index (χ2n) is 5.36. The Morgan fingerprint density at radius 2 is 2.05 bits per heavy atom. The van der Waals surface area contributed by atoms with Crippen LogP contribution in [0.5, 0.6) is 0 Å². The molecule has 2 N–H and O–H groups in total. The van der Waals surface area contributed by atoms with Crippen LogP contribution in [0.4, 0.5) is 5.95 Å². The van der Waals surface area contributed by atoms with E-state index in [1.807, 2.05) is 13.0 Å². The molecule has 0 atom stereocenters. The molecule has 6 nitrogen and oxygen atoms in total. The summed E-state index contributed by atoms with van der Waals surface area (Å²) < 4.78 is 0. The van der Waals surface area contributed by atoms with Crippen LogP contribution < -0.4 is 15.5 Å². The molecule has 0 amide bonds. The van der Waals surface area contributed by atoms with Gasteiger partial charge in [-0.1, -0.05) is 0 Å². The first-order chi connectivity index (χ1) is 9.81. The summed E-state index contributed by atoms with van der Waals surface area (Å²) in [5, 5.41) is 6.57. The van der Waals surface area contributed by atoms with Crippen molar-refractivity contribution in [1.82, 2.24) is 20.6 Å². The van der Waals surface area contributed by atoms with Crippen molar-refractivity contribution < 1.29 is 0 Å². The van der Waals surface area contributed by atoms with Gasteiger partial charge in [-0.25, -0.2) is 9.97 Å². The molecule has 116 valence electrons. The number of hydrogen-bond donors (Lipinski definition) is 2. The first-order valence-corrected chi connectivity index (χ1v) is 7.43. The van der Waals surface area contributed by atoms with Gasteiger partial charge in [0.05, 0.1) is 12.2 Å². The van der Waals surface area contributed by atoms with E-state index >= 15 is 0 Å². The summed E-state index contributed by atoms with van der Waals surface area (Å²) in [7, 11) is 0. The predicted octanol–water partition coefficient (Wildman–Crippen LogP) is 1.44. The van der Waals surface area contributed by atoms with Gasteiger partial charge in [0.15, 0.2) is 5.96 Å². The van der Waals surface area contributed by atoms with E-state index in [0.717, 1.165) is 55.9 Å². The monoisotopic (exact) mass is 402 g/mol. The highest BCUT2D eigenvalue weighted by atomic mass is 127. The van der Waals surface area contributed by atoms with Gasteiger partial charge in [0.25, 0.3) is 0 Å². The fourth-order valence-corrected chi connectivity index (χ4v) is 2.59. The van der Waals surface area contributed by atoms with Gasteiger partial charge in [0.1, 0.15) is 0 Å². The number of anilines is 1. The average molecular weight is 402 g/mol. The minimum absolute atomic E-state index is 0. The van der Waals surface area contributed by atoms with Gasteiger partial charge in [-0.05, 0) is 32.3 Å². The lowest BCUT2D eigenvalue weighted by molar-refractivity contribution is 0.697. The Balaban J connectivity index is 0.00000161. The van der Waals surface area contributed by atoms with Gasteiger partial charge in [-0.3, -0.25) is 4.99 Å². The Labute approximate surface area is 142 Å².